The van der Waals surface area contributed by atoms with Gasteiger partial charge < -0.3 is 5.11 Å². The van der Waals surface area contributed by atoms with E-state index in [0.717, 1.165) is 0 Å². The van der Waals surface area contributed by atoms with Crippen LogP contribution in [0.1, 0.15) is 11.1 Å². The van der Waals surface area contributed by atoms with Gasteiger partial charge in [-0.1, -0.05) is 0 Å². The van der Waals surface area contributed by atoms with Crippen LogP contribution in [0.2, 0.25) is 0 Å². The third-order valence-electron chi connectivity index (χ3n) is 1.31. The Kier molecular flexibility index (Phi) is 2.51. The fraction of sp³-hybridized carbons (Fsp3) is 0. The second-order valence-electron chi connectivity index (χ2n) is 2.08. The summed E-state index contributed by atoms with van der Waals surface area (Å²) < 4.78 is 0.517. The van der Waals surface area contributed by atoms with Gasteiger partial charge in [0.1, 0.15) is 11.8 Å². The Morgan fingerprint density at radius 2 is 1.92 bits per heavy atom. The average Bonchev–Trinajstić information content (AvgIpc) is 2.09. The molecule has 0 radical (unpaired) electrons. The summed E-state index contributed by atoms with van der Waals surface area (Å²) in [7, 11) is 0. The number of nitrogens with zero attached hydrogens (tertiary/aromatic N) is 2. The van der Waals surface area contributed by atoms with Crippen molar-refractivity contribution in [3.8, 4) is 17.9 Å². The van der Waals surface area contributed by atoms with Crippen LogP contribution in [-0.4, -0.2) is 5.11 Å². The first-order valence-electron chi connectivity index (χ1n) is 3.01. The smallest absolute Gasteiger partial charge is 0.146 e. The van der Waals surface area contributed by atoms with Crippen molar-refractivity contribution in [2.45, 2.75) is 0 Å². The van der Waals surface area contributed by atoms with E-state index in [1.54, 1.807) is 6.07 Å². The van der Waals surface area contributed by atoms with Crippen molar-refractivity contribution in [2.24, 2.45) is 0 Å². The summed E-state index contributed by atoms with van der Waals surface area (Å²) in [6.45, 7) is 0. The highest BCUT2D eigenvalue weighted by Gasteiger charge is 2.06. The highest BCUT2D eigenvalue weighted by molar-refractivity contribution is 14.1. The van der Waals surface area contributed by atoms with E-state index in [0.29, 0.717) is 9.13 Å². The highest BCUT2D eigenvalue weighted by Crippen LogP contribution is 2.24. The van der Waals surface area contributed by atoms with Gasteiger partial charge >= 0.3 is 0 Å². The van der Waals surface area contributed by atoms with Gasteiger partial charge in [0, 0.05) is 0 Å². The molecule has 0 saturated heterocycles. The second-order valence-corrected chi connectivity index (χ2v) is 3.24. The van der Waals surface area contributed by atoms with Crippen LogP contribution < -0.4 is 0 Å². The Bertz CT molecular complexity index is 401. The molecule has 0 aliphatic carbocycles. The predicted octanol–water partition coefficient (Wildman–Crippen LogP) is 1.74. The van der Waals surface area contributed by atoms with E-state index < -0.39 is 0 Å². The first-order chi connectivity index (χ1) is 5.69. The third-order valence-corrected chi connectivity index (χ3v) is 2.14. The Labute approximate surface area is 83.0 Å². The van der Waals surface area contributed by atoms with Crippen molar-refractivity contribution in [1.82, 2.24) is 0 Å². The van der Waals surface area contributed by atoms with Gasteiger partial charge in [-0.15, -0.1) is 0 Å². The van der Waals surface area contributed by atoms with Crippen LogP contribution in [-0.2, 0) is 0 Å². The molecule has 1 rings (SSSR count). The minimum atomic E-state index is -0.0582. The van der Waals surface area contributed by atoms with Crippen molar-refractivity contribution >= 4 is 22.6 Å². The normalized spacial score (nSPS) is 8.58. The molecule has 1 aromatic carbocycles. The Hall–Kier alpha value is -1.27. The van der Waals surface area contributed by atoms with Gasteiger partial charge in [-0.05, 0) is 34.7 Å². The molecule has 0 aliphatic heterocycles. The monoisotopic (exact) mass is 270 g/mol. The lowest BCUT2D eigenvalue weighted by Gasteiger charge is -1.98. The first kappa shape index (κ1) is 8.82. The first-order valence-corrected chi connectivity index (χ1v) is 4.09. The van der Waals surface area contributed by atoms with E-state index in [2.05, 4.69) is 0 Å². The molecule has 12 heavy (non-hydrogen) atoms. The maximum atomic E-state index is 9.28. The number of phenols is 1. The molecule has 4 heteroatoms. The quantitative estimate of drug-likeness (QED) is 0.730. The van der Waals surface area contributed by atoms with Gasteiger partial charge in [-0.3, -0.25) is 0 Å². The summed E-state index contributed by atoms with van der Waals surface area (Å²) >= 11 is 1.87. The van der Waals surface area contributed by atoms with E-state index in [9.17, 15) is 5.11 Å². The van der Waals surface area contributed by atoms with E-state index >= 15 is 0 Å². The topological polar surface area (TPSA) is 67.8 Å². The Morgan fingerprint density at radius 3 is 2.42 bits per heavy atom. The molecular formula is C8H3IN2O. The maximum Gasteiger partial charge on any atom is 0.146 e. The minimum absolute atomic E-state index is 0.0582. The number of hydrogen-bond acceptors (Lipinski definition) is 3. The number of halogens is 1. The lowest BCUT2D eigenvalue weighted by molar-refractivity contribution is 0.469. The van der Waals surface area contributed by atoms with Crippen LogP contribution in [0.3, 0.4) is 0 Å². The molecule has 0 fully saturated rings. The number of rotatable bonds is 0. The largest absolute Gasteiger partial charge is 0.505 e. The molecule has 1 N–H and O–H groups in total. The molecular weight excluding hydrogens is 267 g/mol. The SMILES string of the molecule is N#Cc1cc(I)c(O)c(C#N)c1. The number of nitriles is 2. The average molecular weight is 270 g/mol. The molecule has 1 aromatic rings. The van der Waals surface area contributed by atoms with Crippen molar-refractivity contribution in [2.75, 3.05) is 0 Å². The van der Waals surface area contributed by atoms with Crippen LogP contribution in [0.5, 0.6) is 5.75 Å². The molecule has 0 aromatic heterocycles. The minimum Gasteiger partial charge on any atom is -0.505 e. The summed E-state index contributed by atoms with van der Waals surface area (Å²) in [5, 5.41) is 26.3. The third kappa shape index (κ3) is 1.49. The summed E-state index contributed by atoms with van der Waals surface area (Å²) in [6.07, 6.45) is 0. The van der Waals surface area contributed by atoms with Crippen LogP contribution in [0.15, 0.2) is 12.1 Å². The molecule has 0 saturated carbocycles. The molecule has 3 nitrogen and oxygen atoms in total. The Morgan fingerprint density at radius 1 is 1.25 bits per heavy atom. The van der Waals surface area contributed by atoms with Gasteiger partial charge in [0.25, 0.3) is 0 Å². The number of phenolic OH excluding ortho intramolecular Hbond substituents is 1. The van der Waals surface area contributed by atoms with Crippen molar-refractivity contribution in [3.63, 3.8) is 0 Å². The lowest BCUT2D eigenvalue weighted by atomic mass is 10.1. The van der Waals surface area contributed by atoms with E-state index in [1.165, 1.54) is 12.1 Å². The molecule has 0 atom stereocenters. The highest BCUT2D eigenvalue weighted by atomic mass is 127. The molecule has 0 aliphatic rings. The standard InChI is InChI=1S/C8H3IN2O/c9-7-2-5(3-10)1-6(4-11)8(7)12/h1-2,12H. The van der Waals surface area contributed by atoms with Gasteiger partial charge in [0.2, 0.25) is 0 Å². The molecule has 0 spiro atoms. The second kappa shape index (κ2) is 3.42. The van der Waals surface area contributed by atoms with Gasteiger partial charge in [0.05, 0.1) is 20.8 Å². The van der Waals surface area contributed by atoms with Crippen molar-refractivity contribution < 1.29 is 5.11 Å². The van der Waals surface area contributed by atoms with Crippen LogP contribution in [0.4, 0.5) is 0 Å². The molecule has 58 valence electrons. The number of hydrogen-bond donors (Lipinski definition) is 1. The van der Waals surface area contributed by atoms with Crippen LogP contribution in [0.25, 0.3) is 0 Å². The van der Waals surface area contributed by atoms with Crippen molar-refractivity contribution in [3.05, 3.63) is 26.8 Å². The summed E-state index contributed by atoms with van der Waals surface area (Å²) in [6, 6.07) is 6.59. The maximum absolute atomic E-state index is 9.28. The molecule has 0 amide bonds. The van der Waals surface area contributed by atoms with E-state index in [4.69, 9.17) is 10.5 Å². The zero-order chi connectivity index (χ0) is 9.14. The zero-order valence-corrected chi connectivity index (χ0v) is 8.03. The fourth-order valence-corrected chi connectivity index (χ4v) is 1.37. The van der Waals surface area contributed by atoms with Gasteiger partial charge in [0.15, 0.2) is 0 Å². The number of aromatic hydroxyl groups is 1. The van der Waals surface area contributed by atoms with Gasteiger partial charge in [-0.25, -0.2) is 0 Å². The predicted molar refractivity (Wildman–Crippen MR) is 50.3 cm³/mol. The van der Waals surface area contributed by atoms with Gasteiger partial charge in [-0.2, -0.15) is 10.5 Å². The summed E-state index contributed by atoms with van der Waals surface area (Å²) in [5.74, 6) is -0.0582. The van der Waals surface area contributed by atoms with E-state index in [1.807, 2.05) is 28.7 Å². The van der Waals surface area contributed by atoms with Crippen LogP contribution in [0, 0.1) is 26.2 Å². The zero-order valence-electron chi connectivity index (χ0n) is 5.87. The van der Waals surface area contributed by atoms with Crippen LogP contribution >= 0.6 is 22.6 Å². The molecule has 0 unspecified atom stereocenters. The summed E-state index contributed by atoms with van der Waals surface area (Å²) in [5.41, 5.74) is 0.521. The number of benzene rings is 1. The molecule has 0 bridgehead atoms. The molecule has 0 heterocycles. The summed E-state index contributed by atoms with van der Waals surface area (Å²) in [4.78, 5) is 0. The Balaban J connectivity index is 3.44. The fourth-order valence-electron chi connectivity index (χ4n) is 0.749. The van der Waals surface area contributed by atoms with Crippen molar-refractivity contribution in [1.29, 1.82) is 10.5 Å². The lowest BCUT2D eigenvalue weighted by Crippen LogP contribution is -1.84. The van der Waals surface area contributed by atoms with E-state index in [-0.39, 0.29) is 11.3 Å².